The van der Waals surface area contributed by atoms with Gasteiger partial charge in [0.25, 0.3) is 5.69 Å². The summed E-state index contributed by atoms with van der Waals surface area (Å²) in [6.45, 7) is 6.25. The molecule has 5 heteroatoms. The summed E-state index contributed by atoms with van der Waals surface area (Å²) in [5, 5.41) is 16.2. The number of non-ortho nitro benzene ring substituents is 1. The van der Waals surface area contributed by atoms with Gasteiger partial charge in [-0.25, -0.2) is 0 Å². The Labute approximate surface area is 129 Å². The van der Waals surface area contributed by atoms with E-state index in [1.807, 2.05) is 12.1 Å². The van der Waals surface area contributed by atoms with Gasteiger partial charge in [-0.2, -0.15) is 0 Å². The number of rotatable bonds is 7. The molecule has 21 heavy (non-hydrogen) atoms. The van der Waals surface area contributed by atoms with E-state index in [0.29, 0.717) is 0 Å². The number of hydrogen-bond acceptors (Lipinski definition) is 4. The molecule has 1 N–H and O–H groups in total. The molecule has 112 valence electrons. The highest BCUT2D eigenvalue weighted by Crippen LogP contribution is 2.26. The predicted molar refractivity (Wildman–Crippen MR) is 87.0 cm³/mol. The summed E-state index contributed by atoms with van der Waals surface area (Å²) in [4.78, 5) is 11.6. The molecule has 0 bridgehead atoms. The molecule has 0 saturated heterocycles. The molecule has 0 spiro atoms. The minimum absolute atomic E-state index is 0.129. The molecule has 1 heterocycles. The summed E-state index contributed by atoms with van der Waals surface area (Å²) >= 11 is 1.78. The number of nitro benzene ring substituents is 1. The molecule has 0 aliphatic carbocycles. The third kappa shape index (κ3) is 4.37. The van der Waals surface area contributed by atoms with Crippen LogP contribution in [-0.4, -0.2) is 18.0 Å². The van der Waals surface area contributed by atoms with Crippen LogP contribution >= 0.6 is 11.3 Å². The van der Waals surface area contributed by atoms with E-state index in [0.717, 1.165) is 25.1 Å². The molecular formula is C16H20N2O2S. The van der Waals surface area contributed by atoms with Crippen LogP contribution in [0.15, 0.2) is 41.8 Å². The Morgan fingerprint density at radius 2 is 1.95 bits per heavy atom. The fourth-order valence-electron chi connectivity index (χ4n) is 2.17. The molecule has 0 atom stereocenters. The molecule has 0 aliphatic rings. The Morgan fingerprint density at radius 1 is 1.24 bits per heavy atom. The molecule has 0 radical (unpaired) electrons. The van der Waals surface area contributed by atoms with Crippen molar-refractivity contribution in [1.29, 1.82) is 0 Å². The van der Waals surface area contributed by atoms with E-state index in [4.69, 9.17) is 0 Å². The van der Waals surface area contributed by atoms with Gasteiger partial charge in [0.15, 0.2) is 0 Å². The van der Waals surface area contributed by atoms with Crippen molar-refractivity contribution in [2.75, 3.05) is 13.1 Å². The second-order valence-corrected chi connectivity index (χ2v) is 6.66. The lowest BCUT2D eigenvalue weighted by Gasteiger charge is -2.23. The Morgan fingerprint density at radius 3 is 2.52 bits per heavy atom. The highest BCUT2D eigenvalue weighted by atomic mass is 32.1. The van der Waals surface area contributed by atoms with Crippen LogP contribution in [0.1, 0.15) is 24.3 Å². The molecule has 2 rings (SSSR count). The zero-order chi connectivity index (χ0) is 15.3. The van der Waals surface area contributed by atoms with Gasteiger partial charge in [-0.05, 0) is 30.0 Å². The topological polar surface area (TPSA) is 55.2 Å². The minimum atomic E-state index is -0.369. The molecule has 0 fully saturated rings. The average molecular weight is 304 g/mol. The Hall–Kier alpha value is -1.72. The van der Waals surface area contributed by atoms with Crippen molar-refractivity contribution in [3.8, 4) is 0 Å². The van der Waals surface area contributed by atoms with Crippen LogP contribution in [0.3, 0.4) is 0 Å². The maximum absolute atomic E-state index is 10.6. The standard InChI is InChI=1S/C16H20N2O2S/c1-16(2,15-4-3-11-21-15)12-17-10-9-13-5-7-14(8-6-13)18(19)20/h3-8,11,17H,9-10,12H2,1-2H3. The average Bonchev–Trinajstić information content (AvgIpc) is 2.99. The van der Waals surface area contributed by atoms with E-state index >= 15 is 0 Å². The smallest absolute Gasteiger partial charge is 0.269 e. The summed E-state index contributed by atoms with van der Waals surface area (Å²) in [6.07, 6.45) is 0.874. The fraction of sp³-hybridized carbons (Fsp3) is 0.375. The van der Waals surface area contributed by atoms with Gasteiger partial charge in [-0.1, -0.05) is 32.0 Å². The van der Waals surface area contributed by atoms with Gasteiger partial charge in [0.2, 0.25) is 0 Å². The van der Waals surface area contributed by atoms with E-state index in [2.05, 4.69) is 36.7 Å². The van der Waals surface area contributed by atoms with Gasteiger partial charge in [-0.15, -0.1) is 11.3 Å². The summed E-state index contributed by atoms with van der Waals surface area (Å²) in [5.41, 5.74) is 1.39. The van der Waals surface area contributed by atoms with E-state index in [1.54, 1.807) is 23.5 Å². The van der Waals surface area contributed by atoms with Crippen LogP contribution in [0.5, 0.6) is 0 Å². The summed E-state index contributed by atoms with van der Waals surface area (Å²) in [5.74, 6) is 0. The lowest BCUT2D eigenvalue weighted by Crippen LogP contribution is -2.33. The van der Waals surface area contributed by atoms with Crippen molar-refractivity contribution in [3.05, 3.63) is 62.3 Å². The maximum atomic E-state index is 10.6. The van der Waals surface area contributed by atoms with Crippen LogP contribution in [0.25, 0.3) is 0 Å². The highest BCUT2D eigenvalue weighted by molar-refractivity contribution is 7.10. The molecule has 0 unspecified atom stereocenters. The first-order valence-corrected chi connectivity index (χ1v) is 7.85. The van der Waals surface area contributed by atoms with Gasteiger partial charge >= 0.3 is 0 Å². The SMILES string of the molecule is CC(C)(CNCCc1ccc([N+](=O)[O-])cc1)c1cccs1. The van der Waals surface area contributed by atoms with E-state index in [-0.39, 0.29) is 16.0 Å². The van der Waals surface area contributed by atoms with Crippen molar-refractivity contribution < 1.29 is 4.92 Å². The minimum Gasteiger partial charge on any atom is -0.316 e. The van der Waals surface area contributed by atoms with E-state index < -0.39 is 0 Å². The Balaban J connectivity index is 1.78. The molecule has 4 nitrogen and oxygen atoms in total. The van der Waals surface area contributed by atoms with Crippen LogP contribution in [0.4, 0.5) is 5.69 Å². The zero-order valence-electron chi connectivity index (χ0n) is 12.3. The first-order chi connectivity index (χ1) is 9.99. The fourth-order valence-corrected chi connectivity index (χ4v) is 3.02. The highest BCUT2D eigenvalue weighted by Gasteiger charge is 2.20. The molecule has 0 saturated carbocycles. The van der Waals surface area contributed by atoms with Crippen molar-refractivity contribution in [1.82, 2.24) is 5.32 Å². The Kier molecular flexibility index (Phi) is 5.09. The summed E-state index contributed by atoms with van der Waals surface area (Å²) in [6, 6.07) is 11.0. The quantitative estimate of drug-likeness (QED) is 0.481. The second kappa shape index (κ2) is 6.83. The second-order valence-electron chi connectivity index (χ2n) is 5.71. The van der Waals surface area contributed by atoms with Crippen LogP contribution in [0.2, 0.25) is 0 Å². The van der Waals surface area contributed by atoms with Crippen LogP contribution in [0, 0.1) is 10.1 Å². The summed E-state index contributed by atoms with van der Waals surface area (Å²) < 4.78 is 0. The number of benzene rings is 1. The molecule has 0 aliphatic heterocycles. The third-order valence-corrected chi connectivity index (χ3v) is 4.73. The van der Waals surface area contributed by atoms with Crippen molar-refractivity contribution in [2.24, 2.45) is 0 Å². The first kappa shape index (κ1) is 15.7. The molecular weight excluding hydrogens is 284 g/mol. The van der Waals surface area contributed by atoms with Gasteiger partial charge in [0.05, 0.1) is 4.92 Å². The van der Waals surface area contributed by atoms with Crippen molar-refractivity contribution >= 4 is 17.0 Å². The summed E-state index contributed by atoms with van der Waals surface area (Å²) in [7, 11) is 0. The number of nitrogens with zero attached hydrogens (tertiary/aromatic N) is 1. The molecule has 1 aromatic heterocycles. The molecule has 0 amide bonds. The van der Waals surface area contributed by atoms with E-state index in [9.17, 15) is 10.1 Å². The number of nitrogens with one attached hydrogen (secondary N) is 1. The molecule has 1 aromatic carbocycles. The third-order valence-electron chi connectivity index (χ3n) is 3.49. The maximum Gasteiger partial charge on any atom is 0.269 e. The first-order valence-electron chi connectivity index (χ1n) is 6.97. The predicted octanol–water partition coefficient (Wildman–Crippen LogP) is 3.77. The van der Waals surface area contributed by atoms with Crippen molar-refractivity contribution in [3.63, 3.8) is 0 Å². The number of nitro groups is 1. The van der Waals surface area contributed by atoms with Gasteiger partial charge in [0.1, 0.15) is 0 Å². The lowest BCUT2D eigenvalue weighted by atomic mass is 9.91. The van der Waals surface area contributed by atoms with Gasteiger partial charge in [-0.3, -0.25) is 10.1 Å². The lowest BCUT2D eigenvalue weighted by molar-refractivity contribution is -0.384. The molecule has 2 aromatic rings. The van der Waals surface area contributed by atoms with E-state index in [1.165, 1.54) is 4.88 Å². The van der Waals surface area contributed by atoms with Gasteiger partial charge in [0, 0.05) is 29.0 Å². The normalized spacial score (nSPS) is 11.5. The number of hydrogen-bond donors (Lipinski definition) is 1. The van der Waals surface area contributed by atoms with Crippen LogP contribution < -0.4 is 5.32 Å². The largest absolute Gasteiger partial charge is 0.316 e. The van der Waals surface area contributed by atoms with Crippen molar-refractivity contribution in [2.45, 2.75) is 25.7 Å². The zero-order valence-corrected chi connectivity index (χ0v) is 13.2. The number of thiophene rings is 1. The Bertz CT molecular complexity index is 577. The monoisotopic (exact) mass is 304 g/mol. The van der Waals surface area contributed by atoms with Gasteiger partial charge < -0.3 is 5.32 Å². The van der Waals surface area contributed by atoms with Crippen LogP contribution in [-0.2, 0) is 11.8 Å².